The number of aliphatic carboxylic acids is 1. The van der Waals surface area contributed by atoms with Gasteiger partial charge in [0, 0.05) is 17.6 Å². The van der Waals surface area contributed by atoms with Crippen molar-refractivity contribution in [2.45, 2.75) is 25.8 Å². The molecule has 1 atom stereocenters. The number of amides is 1. The van der Waals surface area contributed by atoms with Crippen LogP contribution in [-0.4, -0.2) is 28.0 Å². The standard InChI is InChI=1S/C15H16N2O3/c1-2-10(9-14(18)19)17-15(20)12-7-8-16-13-6-4-3-5-11(12)13/h3-8,10H,2,9H2,1H3,(H,17,20)(H,18,19). The van der Waals surface area contributed by atoms with Gasteiger partial charge in [-0.25, -0.2) is 0 Å². The van der Waals surface area contributed by atoms with Crippen molar-refractivity contribution in [1.82, 2.24) is 10.3 Å². The van der Waals surface area contributed by atoms with E-state index in [1.807, 2.05) is 31.2 Å². The largest absolute Gasteiger partial charge is 0.481 e. The van der Waals surface area contributed by atoms with Gasteiger partial charge in [0.25, 0.3) is 5.91 Å². The second-order valence-electron chi connectivity index (χ2n) is 4.55. The molecule has 1 unspecified atom stereocenters. The number of rotatable bonds is 5. The van der Waals surface area contributed by atoms with Crippen LogP contribution in [0.2, 0.25) is 0 Å². The summed E-state index contributed by atoms with van der Waals surface area (Å²) in [5, 5.41) is 12.3. The lowest BCUT2D eigenvalue weighted by Crippen LogP contribution is -2.36. The van der Waals surface area contributed by atoms with E-state index >= 15 is 0 Å². The summed E-state index contributed by atoms with van der Waals surface area (Å²) in [4.78, 5) is 27.2. The number of carbonyl (C=O) groups is 2. The fraction of sp³-hybridized carbons (Fsp3) is 0.267. The molecule has 0 fully saturated rings. The molecule has 0 bridgehead atoms. The van der Waals surface area contributed by atoms with Crippen LogP contribution in [0, 0.1) is 0 Å². The van der Waals surface area contributed by atoms with Crippen molar-refractivity contribution in [3.63, 3.8) is 0 Å². The molecule has 1 aromatic carbocycles. The average molecular weight is 272 g/mol. The lowest BCUT2D eigenvalue weighted by molar-refractivity contribution is -0.137. The maximum Gasteiger partial charge on any atom is 0.305 e. The highest BCUT2D eigenvalue weighted by molar-refractivity contribution is 6.06. The minimum Gasteiger partial charge on any atom is -0.481 e. The topological polar surface area (TPSA) is 79.3 Å². The molecule has 0 spiro atoms. The molecule has 0 aliphatic heterocycles. The zero-order valence-electron chi connectivity index (χ0n) is 11.2. The summed E-state index contributed by atoms with van der Waals surface area (Å²) in [6.07, 6.45) is 2.07. The summed E-state index contributed by atoms with van der Waals surface area (Å²) in [5.41, 5.74) is 1.26. The lowest BCUT2D eigenvalue weighted by Gasteiger charge is -2.15. The first-order valence-corrected chi connectivity index (χ1v) is 6.48. The zero-order chi connectivity index (χ0) is 14.5. The fourth-order valence-electron chi connectivity index (χ4n) is 2.07. The molecule has 104 valence electrons. The second kappa shape index (κ2) is 6.14. The lowest BCUT2D eigenvalue weighted by atomic mass is 10.1. The Hall–Kier alpha value is -2.43. The van der Waals surface area contributed by atoms with Gasteiger partial charge in [0.15, 0.2) is 0 Å². The summed E-state index contributed by atoms with van der Waals surface area (Å²) in [6.45, 7) is 1.85. The predicted molar refractivity (Wildman–Crippen MR) is 75.5 cm³/mol. The molecule has 0 saturated carbocycles. The van der Waals surface area contributed by atoms with Crippen LogP contribution in [0.1, 0.15) is 30.1 Å². The SMILES string of the molecule is CCC(CC(=O)O)NC(=O)c1ccnc2ccccc12. The highest BCUT2D eigenvalue weighted by Crippen LogP contribution is 2.16. The smallest absolute Gasteiger partial charge is 0.305 e. The summed E-state index contributed by atoms with van der Waals surface area (Å²) < 4.78 is 0. The van der Waals surface area contributed by atoms with Gasteiger partial charge in [-0.1, -0.05) is 25.1 Å². The van der Waals surface area contributed by atoms with E-state index in [0.29, 0.717) is 12.0 Å². The molecule has 20 heavy (non-hydrogen) atoms. The van der Waals surface area contributed by atoms with Crippen molar-refractivity contribution < 1.29 is 14.7 Å². The molecule has 1 aromatic heterocycles. The number of pyridine rings is 1. The number of hydrogen-bond donors (Lipinski definition) is 2. The second-order valence-corrected chi connectivity index (χ2v) is 4.55. The summed E-state index contributed by atoms with van der Waals surface area (Å²) >= 11 is 0. The van der Waals surface area contributed by atoms with Crippen LogP contribution in [0.15, 0.2) is 36.5 Å². The van der Waals surface area contributed by atoms with E-state index in [4.69, 9.17) is 5.11 Å². The van der Waals surface area contributed by atoms with E-state index in [1.54, 1.807) is 12.3 Å². The molecule has 2 N–H and O–H groups in total. The van der Waals surface area contributed by atoms with Crippen LogP contribution in [0.5, 0.6) is 0 Å². The number of carboxylic acid groups (broad SMARTS) is 1. The van der Waals surface area contributed by atoms with E-state index in [1.165, 1.54) is 0 Å². The van der Waals surface area contributed by atoms with Crippen LogP contribution in [-0.2, 0) is 4.79 Å². The van der Waals surface area contributed by atoms with Crippen LogP contribution in [0.25, 0.3) is 10.9 Å². The van der Waals surface area contributed by atoms with Gasteiger partial charge < -0.3 is 10.4 Å². The molecule has 5 heteroatoms. The molecule has 0 radical (unpaired) electrons. The number of carbonyl (C=O) groups excluding carboxylic acids is 1. The fourth-order valence-corrected chi connectivity index (χ4v) is 2.07. The summed E-state index contributed by atoms with van der Waals surface area (Å²) in [6, 6.07) is 8.64. The summed E-state index contributed by atoms with van der Waals surface area (Å²) in [5.74, 6) is -1.19. The maximum atomic E-state index is 12.3. The molecule has 0 aliphatic carbocycles. The first kappa shape index (κ1) is 14.0. The van der Waals surface area contributed by atoms with Crippen molar-refractivity contribution in [3.8, 4) is 0 Å². The monoisotopic (exact) mass is 272 g/mol. The Balaban J connectivity index is 2.25. The van der Waals surface area contributed by atoms with E-state index < -0.39 is 5.97 Å². The quantitative estimate of drug-likeness (QED) is 0.874. The Morgan fingerprint density at radius 1 is 1.30 bits per heavy atom. The highest BCUT2D eigenvalue weighted by Gasteiger charge is 2.16. The van der Waals surface area contributed by atoms with E-state index in [0.717, 1.165) is 10.9 Å². The molecular formula is C15H16N2O3. The third kappa shape index (κ3) is 3.12. The van der Waals surface area contributed by atoms with Gasteiger partial charge >= 0.3 is 5.97 Å². The molecule has 1 amide bonds. The number of fused-ring (bicyclic) bond motifs is 1. The first-order valence-electron chi connectivity index (χ1n) is 6.48. The molecule has 1 heterocycles. The highest BCUT2D eigenvalue weighted by atomic mass is 16.4. The van der Waals surface area contributed by atoms with Gasteiger partial charge in [-0.05, 0) is 18.6 Å². The summed E-state index contributed by atoms with van der Waals surface area (Å²) in [7, 11) is 0. The van der Waals surface area contributed by atoms with Crippen molar-refractivity contribution >= 4 is 22.8 Å². The van der Waals surface area contributed by atoms with Crippen molar-refractivity contribution in [2.24, 2.45) is 0 Å². The number of carboxylic acids is 1. The normalized spacial score (nSPS) is 12.1. The average Bonchev–Trinajstić information content (AvgIpc) is 2.45. The minimum atomic E-state index is -0.920. The molecule has 5 nitrogen and oxygen atoms in total. The van der Waals surface area contributed by atoms with E-state index in [-0.39, 0.29) is 18.4 Å². The number of benzene rings is 1. The predicted octanol–water partition coefficient (Wildman–Crippen LogP) is 2.22. The Labute approximate surface area is 116 Å². The van der Waals surface area contributed by atoms with Gasteiger partial charge in [0.1, 0.15) is 0 Å². The zero-order valence-corrected chi connectivity index (χ0v) is 11.2. The molecular weight excluding hydrogens is 256 g/mol. The Bertz CT molecular complexity index is 635. The van der Waals surface area contributed by atoms with Crippen molar-refractivity contribution in [3.05, 3.63) is 42.1 Å². The number of para-hydroxylation sites is 1. The number of aromatic nitrogens is 1. The van der Waals surface area contributed by atoms with E-state index in [9.17, 15) is 9.59 Å². The van der Waals surface area contributed by atoms with Gasteiger partial charge in [0.05, 0.1) is 17.5 Å². The van der Waals surface area contributed by atoms with E-state index in [2.05, 4.69) is 10.3 Å². The Morgan fingerprint density at radius 2 is 2.05 bits per heavy atom. The van der Waals surface area contributed by atoms with Crippen LogP contribution >= 0.6 is 0 Å². The maximum absolute atomic E-state index is 12.3. The van der Waals surface area contributed by atoms with Crippen LogP contribution in [0.4, 0.5) is 0 Å². The Morgan fingerprint density at radius 3 is 2.75 bits per heavy atom. The number of nitrogens with zero attached hydrogens (tertiary/aromatic N) is 1. The molecule has 0 saturated heterocycles. The molecule has 2 aromatic rings. The third-order valence-corrected chi connectivity index (χ3v) is 3.14. The van der Waals surface area contributed by atoms with Gasteiger partial charge in [0.2, 0.25) is 0 Å². The molecule has 0 aliphatic rings. The Kier molecular flexibility index (Phi) is 4.30. The minimum absolute atomic E-state index is 0.0781. The third-order valence-electron chi connectivity index (χ3n) is 3.14. The number of hydrogen-bond acceptors (Lipinski definition) is 3. The number of nitrogens with one attached hydrogen (secondary N) is 1. The van der Waals surface area contributed by atoms with Crippen LogP contribution in [0.3, 0.4) is 0 Å². The first-order chi connectivity index (χ1) is 9.61. The van der Waals surface area contributed by atoms with Crippen LogP contribution < -0.4 is 5.32 Å². The van der Waals surface area contributed by atoms with Gasteiger partial charge in [-0.15, -0.1) is 0 Å². The van der Waals surface area contributed by atoms with Gasteiger partial charge in [-0.2, -0.15) is 0 Å². The van der Waals surface area contributed by atoms with Crippen molar-refractivity contribution in [2.75, 3.05) is 0 Å². The van der Waals surface area contributed by atoms with Gasteiger partial charge in [-0.3, -0.25) is 14.6 Å². The van der Waals surface area contributed by atoms with Crippen molar-refractivity contribution in [1.29, 1.82) is 0 Å². The molecule has 2 rings (SSSR count).